The Morgan fingerprint density at radius 2 is 1.42 bits per heavy atom. The molecule has 0 unspecified atom stereocenters. The summed E-state index contributed by atoms with van der Waals surface area (Å²) in [5.41, 5.74) is 0.309. The van der Waals surface area contributed by atoms with Gasteiger partial charge in [-0.1, -0.05) is 24.3 Å². The van der Waals surface area contributed by atoms with Gasteiger partial charge in [-0.25, -0.2) is 22.0 Å². The van der Waals surface area contributed by atoms with E-state index in [1.54, 1.807) is 13.0 Å². The maximum atomic E-state index is 15.2. The number of alkyl halides is 2. The van der Waals surface area contributed by atoms with Gasteiger partial charge in [0.1, 0.15) is 23.2 Å². The van der Waals surface area contributed by atoms with Crippen LogP contribution >= 0.6 is 0 Å². The number of benzene rings is 4. The molecule has 0 radical (unpaired) electrons. The summed E-state index contributed by atoms with van der Waals surface area (Å²) < 4.78 is 106. The molecule has 9 heteroatoms. The highest BCUT2D eigenvalue weighted by Crippen LogP contribution is 2.33. The van der Waals surface area contributed by atoms with Crippen LogP contribution in [-0.4, -0.2) is 13.2 Å². The van der Waals surface area contributed by atoms with Crippen molar-refractivity contribution in [1.29, 1.82) is 0 Å². The minimum atomic E-state index is -3.38. The summed E-state index contributed by atoms with van der Waals surface area (Å²) >= 11 is 0. The normalized spacial score (nSPS) is 11.4. The fourth-order valence-electron chi connectivity index (χ4n) is 4.00. The van der Waals surface area contributed by atoms with Gasteiger partial charge >= 0.3 is 6.61 Å². The molecule has 4 rings (SSSR count). The van der Waals surface area contributed by atoms with Crippen LogP contribution in [0.15, 0.2) is 54.6 Å². The van der Waals surface area contributed by atoms with E-state index in [2.05, 4.69) is 4.74 Å². The van der Waals surface area contributed by atoms with Gasteiger partial charge < -0.3 is 9.47 Å². The van der Waals surface area contributed by atoms with Crippen LogP contribution in [0, 0.1) is 29.1 Å². The second kappa shape index (κ2) is 10.5. The van der Waals surface area contributed by atoms with Gasteiger partial charge in [0.05, 0.1) is 12.2 Å². The second-order valence-electron chi connectivity index (χ2n) is 7.94. The number of ether oxygens (including phenoxy) is 2. The number of rotatable bonds is 8. The van der Waals surface area contributed by atoms with Crippen LogP contribution in [0.4, 0.5) is 30.7 Å². The Labute approximate surface area is 201 Å². The molecule has 0 spiro atoms. The number of hydrogen-bond donors (Lipinski definition) is 0. The Hall–Kier alpha value is -3.75. The smallest absolute Gasteiger partial charge is 0.387 e. The van der Waals surface area contributed by atoms with Crippen LogP contribution in [-0.2, 0) is 12.8 Å². The topological polar surface area (TPSA) is 18.5 Å². The summed E-state index contributed by atoms with van der Waals surface area (Å²) in [6.45, 7) is -1.44. The van der Waals surface area contributed by atoms with Crippen molar-refractivity contribution in [2.45, 2.75) is 26.4 Å². The standard InChI is InChI=1S/C27H19F7O2/c1-2-35-18-12-20(28)24(21(29)13-18)17-7-8-19-16(11-17)6-5-15(25(19)32)4-3-14-9-22(30)26(23(31)10-14)36-27(33)34/h5-13,27H,2-4H2,1H3. The predicted octanol–water partition coefficient (Wildman–Crippen LogP) is 7.99. The highest BCUT2D eigenvalue weighted by atomic mass is 19.3. The highest BCUT2D eigenvalue weighted by Gasteiger charge is 2.18. The maximum Gasteiger partial charge on any atom is 0.387 e. The van der Waals surface area contributed by atoms with E-state index < -0.39 is 41.4 Å². The van der Waals surface area contributed by atoms with Crippen molar-refractivity contribution in [1.82, 2.24) is 0 Å². The molecule has 0 fully saturated rings. The Morgan fingerprint density at radius 1 is 0.750 bits per heavy atom. The van der Waals surface area contributed by atoms with E-state index in [9.17, 15) is 26.3 Å². The molecule has 188 valence electrons. The van der Waals surface area contributed by atoms with Crippen molar-refractivity contribution in [2.24, 2.45) is 0 Å². The lowest BCUT2D eigenvalue weighted by molar-refractivity contribution is -0.0546. The van der Waals surface area contributed by atoms with Crippen molar-refractivity contribution in [2.75, 3.05) is 6.61 Å². The van der Waals surface area contributed by atoms with Crippen molar-refractivity contribution < 1.29 is 40.2 Å². The fourth-order valence-corrected chi connectivity index (χ4v) is 4.00. The fraction of sp³-hybridized carbons (Fsp3) is 0.185. The van der Waals surface area contributed by atoms with Crippen molar-refractivity contribution >= 4 is 10.8 Å². The molecular formula is C27H19F7O2. The first-order valence-electron chi connectivity index (χ1n) is 10.9. The summed E-state index contributed by atoms with van der Waals surface area (Å²) in [4.78, 5) is 0. The molecule has 0 N–H and O–H groups in total. The monoisotopic (exact) mass is 508 g/mol. The first-order chi connectivity index (χ1) is 17.2. The molecule has 36 heavy (non-hydrogen) atoms. The molecule has 0 aromatic heterocycles. The van der Waals surface area contributed by atoms with Crippen LogP contribution in [0.2, 0.25) is 0 Å². The van der Waals surface area contributed by atoms with Gasteiger partial charge in [0.25, 0.3) is 0 Å². The average molecular weight is 508 g/mol. The zero-order valence-corrected chi connectivity index (χ0v) is 18.9. The van der Waals surface area contributed by atoms with E-state index in [4.69, 9.17) is 4.74 Å². The highest BCUT2D eigenvalue weighted by molar-refractivity contribution is 5.88. The molecule has 0 amide bonds. The number of fused-ring (bicyclic) bond motifs is 1. The minimum Gasteiger partial charge on any atom is -0.494 e. The quantitative estimate of drug-likeness (QED) is 0.225. The third kappa shape index (κ3) is 5.24. The zero-order chi connectivity index (χ0) is 26.0. The van der Waals surface area contributed by atoms with Gasteiger partial charge in [-0.05, 0) is 60.0 Å². The van der Waals surface area contributed by atoms with E-state index in [1.807, 2.05) is 0 Å². The van der Waals surface area contributed by atoms with Crippen LogP contribution in [0.25, 0.3) is 21.9 Å². The van der Waals surface area contributed by atoms with Crippen LogP contribution < -0.4 is 9.47 Å². The lowest BCUT2D eigenvalue weighted by Crippen LogP contribution is -2.06. The van der Waals surface area contributed by atoms with Crippen LogP contribution in [0.3, 0.4) is 0 Å². The molecule has 0 aliphatic rings. The van der Waals surface area contributed by atoms with E-state index in [0.29, 0.717) is 5.39 Å². The molecule has 4 aromatic carbocycles. The SMILES string of the molecule is CCOc1cc(F)c(-c2ccc3c(F)c(CCc4cc(F)c(OC(F)F)c(F)c4)ccc3c2)c(F)c1. The molecule has 0 aliphatic heterocycles. The van der Waals surface area contributed by atoms with E-state index in [1.165, 1.54) is 24.3 Å². The third-order valence-corrected chi connectivity index (χ3v) is 5.60. The van der Waals surface area contributed by atoms with Gasteiger partial charge in [-0.3, -0.25) is 0 Å². The first-order valence-corrected chi connectivity index (χ1v) is 10.9. The Balaban J connectivity index is 1.58. The molecule has 4 aromatic rings. The lowest BCUT2D eigenvalue weighted by atomic mass is 9.96. The molecule has 0 atom stereocenters. The van der Waals surface area contributed by atoms with Crippen molar-refractivity contribution in [3.63, 3.8) is 0 Å². The number of hydrogen-bond acceptors (Lipinski definition) is 2. The van der Waals surface area contributed by atoms with Gasteiger partial charge in [-0.15, -0.1) is 0 Å². The van der Waals surface area contributed by atoms with E-state index in [0.717, 1.165) is 24.3 Å². The van der Waals surface area contributed by atoms with Crippen LogP contribution in [0.5, 0.6) is 11.5 Å². The van der Waals surface area contributed by atoms with Gasteiger partial charge in [0, 0.05) is 17.5 Å². The third-order valence-electron chi connectivity index (χ3n) is 5.60. The summed E-state index contributed by atoms with van der Waals surface area (Å²) in [7, 11) is 0. The molecule has 0 saturated heterocycles. The number of aryl methyl sites for hydroxylation is 2. The molecule has 0 bridgehead atoms. The molecule has 0 heterocycles. The van der Waals surface area contributed by atoms with Gasteiger partial charge in [0.15, 0.2) is 17.4 Å². The van der Waals surface area contributed by atoms with Crippen molar-refractivity contribution in [3.05, 3.63) is 94.8 Å². The lowest BCUT2D eigenvalue weighted by Gasteiger charge is -2.12. The van der Waals surface area contributed by atoms with Gasteiger partial charge in [0.2, 0.25) is 0 Å². The van der Waals surface area contributed by atoms with E-state index in [-0.39, 0.29) is 52.8 Å². The summed E-state index contributed by atoms with van der Waals surface area (Å²) in [5.74, 6) is -5.93. The summed E-state index contributed by atoms with van der Waals surface area (Å²) in [6.07, 6.45) is 0.0749. The minimum absolute atomic E-state index is 0.0198. The van der Waals surface area contributed by atoms with Crippen molar-refractivity contribution in [3.8, 4) is 22.6 Å². The second-order valence-corrected chi connectivity index (χ2v) is 7.94. The zero-order valence-electron chi connectivity index (χ0n) is 18.9. The largest absolute Gasteiger partial charge is 0.494 e. The maximum absolute atomic E-state index is 15.2. The molecule has 2 nitrogen and oxygen atoms in total. The number of halogens is 7. The van der Waals surface area contributed by atoms with E-state index >= 15 is 4.39 Å². The average Bonchev–Trinajstić information content (AvgIpc) is 2.81. The Morgan fingerprint density at radius 3 is 2.03 bits per heavy atom. The molecule has 0 saturated carbocycles. The molecular weight excluding hydrogens is 489 g/mol. The summed E-state index contributed by atoms with van der Waals surface area (Å²) in [6, 6.07) is 11.1. The molecule has 0 aliphatic carbocycles. The Kier molecular flexibility index (Phi) is 7.37. The predicted molar refractivity (Wildman–Crippen MR) is 121 cm³/mol. The first kappa shape index (κ1) is 25.3. The summed E-state index contributed by atoms with van der Waals surface area (Å²) in [5, 5.41) is 0.591. The Bertz CT molecular complexity index is 1370. The van der Waals surface area contributed by atoms with Gasteiger partial charge in [-0.2, -0.15) is 8.78 Å². The van der Waals surface area contributed by atoms with Crippen LogP contribution in [0.1, 0.15) is 18.1 Å².